The van der Waals surface area contributed by atoms with E-state index < -0.39 is 11.8 Å². The van der Waals surface area contributed by atoms with Crippen molar-refractivity contribution in [2.75, 3.05) is 18.5 Å². The standard InChI is InChI=1S/C21H23FN2O4/c1-3-28-21(27)17-9-5-7-11-19(17)23-20(26)12-13-24(15(2)25)14-16-8-4-6-10-18(16)22/h4-11H,3,12-14H2,1-2H3,(H,23,26). The van der Waals surface area contributed by atoms with Gasteiger partial charge in [0.1, 0.15) is 5.82 Å². The number of ether oxygens (including phenoxy) is 1. The predicted octanol–water partition coefficient (Wildman–Crippen LogP) is 3.38. The molecule has 0 atom stereocenters. The number of nitrogens with one attached hydrogen (secondary N) is 1. The topological polar surface area (TPSA) is 75.7 Å². The highest BCUT2D eigenvalue weighted by atomic mass is 19.1. The van der Waals surface area contributed by atoms with Gasteiger partial charge < -0.3 is 15.0 Å². The number of halogens is 1. The molecule has 0 spiro atoms. The van der Waals surface area contributed by atoms with Gasteiger partial charge in [0.05, 0.1) is 17.9 Å². The lowest BCUT2D eigenvalue weighted by Crippen LogP contribution is -2.32. The number of anilines is 1. The van der Waals surface area contributed by atoms with Crippen molar-refractivity contribution in [3.63, 3.8) is 0 Å². The number of nitrogens with zero attached hydrogens (tertiary/aromatic N) is 1. The molecule has 0 aliphatic carbocycles. The van der Waals surface area contributed by atoms with E-state index in [1.54, 1.807) is 49.4 Å². The normalized spacial score (nSPS) is 10.2. The lowest BCUT2D eigenvalue weighted by molar-refractivity contribution is -0.130. The molecule has 0 aliphatic heterocycles. The predicted molar refractivity (Wildman–Crippen MR) is 103 cm³/mol. The SMILES string of the molecule is CCOC(=O)c1ccccc1NC(=O)CCN(Cc1ccccc1F)C(C)=O. The third-order valence-corrected chi connectivity index (χ3v) is 4.07. The summed E-state index contributed by atoms with van der Waals surface area (Å²) in [6.45, 7) is 3.50. The average molecular weight is 386 g/mol. The van der Waals surface area contributed by atoms with Crippen molar-refractivity contribution in [3.8, 4) is 0 Å². The van der Waals surface area contributed by atoms with E-state index in [1.807, 2.05) is 0 Å². The van der Waals surface area contributed by atoms with Crippen LogP contribution in [0.1, 0.15) is 36.2 Å². The van der Waals surface area contributed by atoms with Gasteiger partial charge >= 0.3 is 5.97 Å². The minimum atomic E-state index is -0.525. The molecule has 0 aliphatic rings. The summed E-state index contributed by atoms with van der Waals surface area (Å²) >= 11 is 0. The number of carbonyl (C=O) groups is 3. The van der Waals surface area contributed by atoms with E-state index in [4.69, 9.17) is 4.74 Å². The molecule has 0 unspecified atom stereocenters. The second-order valence-corrected chi connectivity index (χ2v) is 6.10. The lowest BCUT2D eigenvalue weighted by Gasteiger charge is -2.21. The number of hydrogen-bond donors (Lipinski definition) is 1. The van der Waals surface area contributed by atoms with Gasteiger partial charge in [-0.05, 0) is 25.1 Å². The van der Waals surface area contributed by atoms with Gasteiger partial charge in [0.2, 0.25) is 11.8 Å². The summed E-state index contributed by atoms with van der Waals surface area (Å²) in [5, 5.41) is 2.67. The average Bonchev–Trinajstić information content (AvgIpc) is 2.66. The third kappa shape index (κ3) is 5.90. The van der Waals surface area contributed by atoms with E-state index in [0.717, 1.165) is 0 Å². The van der Waals surface area contributed by atoms with Crippen LogP contribution in [-0.4, -0.2) is 35.8 Å². The van der Waals surface area contributed by atoms with Crippen LogP contribution in [0.5, 0.6) is 0 Å². The second-order valence-electron chi connectivity index (χ2n) is 6.10. The third-order valence-electron chi connectivity index (χ3n) is 4.07. The Morgan fingerprint density at radius 1 is 1.07 bits per heavy atom. The monoisotopic (exact) mass is 386 g/mol. The van der Waals surface area contributed by atoms with Crippen molar-refractivity contribution in [2.45, 2.75) is 26.8 Å². The van der Waals surface area contributed by atoms with Crippen molar-refractivity contribution in [1.29, 1.82) is 0 Å². The highest BCUT2D eigenvalue weighted by molar-refractivity contribution is 6.01. The summed E-state index contributed by atoms with van der Waals surface area (Å²) in [4.78, 5) is 37.5. The zero-order valence-electron chi connectivity index (χ0n) is 15.9. The van der Waals surface area contributed by atoms with Crippen molar-refractivity contribution in [1.82, 2.24) is 4.90 Å². The van der Waals surface area contributed by atoms with Crippen LogP contribution >= 0.6 is 0 Å². The summed E-state index contributed by atoms with van der Waals surface area (Å²) in [7, 11) is 0. The first-order chi connectivity index (χ1) is 13.4. The minimum Gasteiger partial charge on any atom is -0.462 e. The van der Waals surface area contributed by atoms with Crippen LogP contribution in [0.3, 0.4) is 0 Å². The number of benzene rings is 2. The molecule has 0 fully saturated rings. The number of para-hydroxylation sites is 1. The maximum atomic E-state index is 13.8. The maximum Gasteiger partial charge on any atom is 0.340 e. The Morgan fingerprint density at radius 2 is 1.75 bits per heavy atom. The smallest absolute Gasteiger partial charge is 0.340 e. The summed E-state index contributed by atoms with van der Waals surface area (Å²) in [6.07, 6.45) is 0.00515. The Morgan fingerprint density at radius 3 is 2.43 bits per heavy atom. The molecule has 28 heavy (non-hydrogen) atoms. The maximum absolute atomic E-state index is 13.8. The fraction of sp³-hybridized carbons (Fsp3) is 0.286. The summed E-state index contributed by atoms with van der Waals surface area (Å²) in [5.41, 5.74) is 0.979. The zero-order valence-corrected chi connectivity index (χ0v) is 15.9. The van der Waals surface area contributed by atoms with Gasteiger partial charge in [-0.1, -0.05) is 30.3 Å². The molecule has 6 nitrogen and oxygen atoms in total. The second kappa shape index (κ2) is 10.2. The Labute approximate surface area is 163 Å². The van der Waals surface area contributed by atoms with Crippen molar-refractivity contribution >= 4 is 23.5 Å². The fourth-order valence-electron chi connectivity index (χ4n) is 2.61. The van der Waals surface area contributed by atoms with E-state index in [0.29, 0.717) is 11.3 Å². The Balaban J connectivity index is 2.00. The van der Waals surface area contributed by atoms with Crippen LogP contribution in [0.15, 0.2) is 48.5 Å². The Kier molecular flexibility index (Phi) is 7.68. The quantitative estimate of drug-likeness (QED) is 0.706. The van der Waals surface area contributed by atoms with Gasteiger partial charge in [-0.3, -0.25) is 9.59 Å². The number of hydrogen-bond acceptors (Lipinski definition) is 4. The molecule has 148 valence electrons. The molecule has 2 aromatic rings. The number of carbonyl (C=O) groups excluding carboxylic acids is 3. The van der Waals surface area contributed by atoms with Crippen LogP contribution < -0.4 is 5.32 Å². The van der Waals surface area contributed by atoms with Crippen molar-refractivity contribution in [3.05, 3.63) is 65.5 Å². The highest BCUT2D eigenvalue weighted by Crippen LogP contribution is 2.17. The van der Waals surface area contributed by atoms with Gasteiger partial charge in [-0.2, -0.15) is 0 Å². The molecule has 7 heteroatoms. The molecular formula is C21H23FN2O4. The zero-order chi connectivity index (χ0) is 20.5. The van der Waals surface area contributed by atoms with Crippen LogP contribution in [0.2, 0.25) is 0 Å². The van der Waals surface area contributed by atoms with Gasteiger partial charge in [-0.15, -0.1) is 0 Å². The molecule has 2 amide bonds. The van der Waals surface area contributed by atoms with Crippen LogP contribution in [-0.2, 0) is 20.9 Å². The fourth-order valence-corrected chi connectivity index (χ4v) is 2.61. The number of rotatable bonds is 8. The highest BCUT2D eigenvalue weighted by Gasteiger charge is 2.16. The molecule has 0 saturated heterocycles. The summed E-state index contributed by atoms with van der Waals surface area (Å²) in [6, 6.07) is 12.7. The number of esters is 1. The van der Waals surface area contributed by atoms with Crippen LogP contribution in [0.25, 0.3) is 0 Å². The van der Waals surface area contributed by atoms with E-state index in [1.165, 1.54) is 17.9 Å². The van der Waals surface area contributed by atoms with Crippen molar-refractivity contribution < 1.29 is 23.5 Å². The largest absolute Gasteiger partial charge is 0.462 e. The molecule has 2 aromatic carbocycles. The molecular weight excluding hydrogens is 363 g/mol. The number of amides is 2. The molecule has 0 radical (unpaired) electrons. The summed E-state index contributed by atoms with van der Waals surface area (Å²) < 4.78 is 18.8. The summed E-state index contributed by atoms with van der Waals surface area (Å²) in [5.74, 6) is -1.55. The van der Waals surface area contributed by atoms with Crippen LogP contribution in [0, 0.1) is 5.82 Å². The molecule has 0 aromatic heterocycles. The van der Waals surface area contributed by atoms with Gasteiger partial charge in [0, 0.05) is 32.0 Å². The first-order valence-electron chi connectivity index (χ1n) is 8.97. The lowest BCUT2D eigenvalue weighted by atomic mass is 10.1. The molecule has 2 rings (SSSR count). The van der Waals surface area contributed by atoms with Crippen LogP contribution in [0.4, 0.5) is 10.1 Å². The van der Waals surface area contributed by atoms with Gasteiger partial charge in [0.25, 0.3) is 0 Å². The Bertz CT molecular complexity index is 854. The van der Waals surface area contributed by atoms with E-state index in [9.17, 15) is 18.8 Å². The molecule has 0 saturated carbocycles. The first kappa shape index (κ1) is 21.1. The van der Waals surface area contributed by atoms with Crippen molar-refractivity contribution in [2.24, 2.45) is 0 Å². The molecule has 1 N–H and O–H groups in total. The molecule has 0 bridgehead atoms. The minimum absolute atomic E-state index is 0.00515. The van der Waals surface area contributed by atoms with Gasteiger partial charge in [-0.25, -0.2) is 9.18 Å². The van der Waals surface area contributed by atoms with E-state index in [-0.39, 0.29) is 43.5 Å². The van der Waals surface area contributed by atoms with E-state index in [2.05, 4.69) is 5.32 Å². The molecule has 0 heterocycles. The van der Waals surface area contributed by atoms with E-state index >= 15 is 0 Å². The van der Waals surface area contributed by atoms with Gasteiger partial charge in [0.15, 0.2) is 0 Å². The first-order valence-corrected chi connectivity index (χ1v) is 8.97. The Hall–Kier alpha value is -3.22.